The van der Waals surface area contributed by atoms with Crippen molar-refractivity contribution in [3.05, 3.63) is 28.0 Å². The summed E-state index contributed by atoms with van der Waals surface area (Å²) in [5.41, 5.74) is 0.792. The summed E-state index contributed by atoms with van der Waals surface area (Å²) in [6.07, 6.45) is 2.33. The molecule has 0 aromatic heterocycles. The maximum absolute atomic E-state index is 13.3. The van der Waals surface area contributed by atoms with Crippen LogP contribution in [0.2, 0.25) is 10.0 Å². The van der Waals surface area contributed by atoms with Gasteiger partial charge in [-0.3, -0.25) is 0 Å². The highest BCUT2D eigenvalue weighted by atomic mass is 35.5. The third-order valence-corrected chi connectivity index (χ3v) is 4.87. The highest BCUT2D eigenvalue weighted by Gasteiger charge is 2.22. The van der Waals surface area contributed by atoms with E-state index in [1.54, 1.807) is 12.1 Å². The summed E-state index contributed by atoms with van der Waals surface area (Å²) in [5, 5.41) is 4.06. The minimum Gasteiger partial charge on any atom is -0.381 e. The summed E-state index contributed by atoms with van der Waals surface area (Å²) in [5.74, 6) is 0.662. The van der Waals surface area contributed by atoms with E-state index in [0.717, 1.165) is 12.1 Å². The van der Waals surface area contributed by atoms with Crippen LogP contribution in [0.25, 0.3) is 0 Å². The zero-order valence-corrected chi connectivity index (χ0v) is 11.8. The molecule has 1 aliphatic heterocycles. The van der Waals surface area contributed by atoms with Gasteiger partial charge in [-0.25, -0.2) is 4.39 Å². The van der Waals surface area contributed by atoms with Crippen molar-refractivity contribution in [3.8, 4) is 0 Å². The van der Waals surface area contributed by atoms with E-state index in [2.05, 4.69) is 12.2 Å². The minimum absolute atomic E-state index is 0.0658. The lowest BCUT2D eigenvalue weighted by molar-refractivity contribution is 0.615. The molecule has 2 rings (SSSR count). The van der Waals surface area contributed by atoms with Crippen LogP contribution in [0.1, 0.15) is 19.8 Å². The van der Waals surface area contributed by atoms with Crippen LogP contribution in [0.15, 0.2) is 12.1 Å². The molecule has 0 radical (unpaired) electrons. The van der Waals surface area contributed by atoms with Crippen molar-refractivity contribution in [2.45, 2.75) is 31.1 Å². The van der Waals surface area contributed by atoms with Gasteiger partial charge in [0.05, 0.1) is 10.0 Å². The Morgan fingerprint density at radius 2 is 2.00 bits per heavy atom. The predicted octanol–water partition coefficient (Wildman–Crippen LogP) is 4.83. The van der Waals surface area contributed by atoms with E-state index in [1.165, 1.54) is 12.2 Å². The molecular weight excluding hydrogens is 280 g/mol. The molecule has 94 valence electrons. The summed E-state index contributed by atoms with van der Waals surface area (Å²) < 4.78 is 13.3. The van der Waals surface area contributed by atoms with E-state index in [-0.39, 0.29) is 10.0 Å². The fourth-order valence-electron chi connectivity index (χ4n) is 1.97. The zero-order chi connectivity index (χ0) is 12.4. The Morgan fingerprint density at radius 1 is 1.35 bits per heavy atom. The van der Waals surface area contributed by atoms with Gasteiger partial charge in [0.1, 0.15) is 0 Å². The monoisotopic (exact) mass is 293 g/mol. The van der Waals surface area contributed by atoms with E-state index in [0.29, 0.717) is 11.3 Å². The number of rotatable bonds is 2. The van der Waals surface area contributed by atoms with Gasteiger partial charge in [-0.15, -0.1) is 0 Å². The van der Waals surface area contributed by atoms with Crippen LogP contribution in [0, 0.1) is 5.82 Å². The van der Waals surface area contributed by atoms with Gasteiger partial charge in [-0.2, -0.15) is 11.8 Å². The van der Waals surface area contributed by atoms with Crippen molar-refractivity contribution in [2.75, 3.05) is 11.1 Å². The highest BCUT2D eigenvalue weighted by molar-refractivity contribution is 8.00. The molecule has 1 nitrogen and oxygen atoms in total. The van der Waals surface area contributed by atoms with Crippen LogP contribution in [-0.4, -0.2) is 17.0 Å². The SMILES string of the molecule is CC1SCCCC1Nc1cc(Cl)c(F)c(Cl)c1. The minimum atomic E-state index is -0.551. The average Bonchev–Trinajstić information content (AvgIpc) is 2.29. The topological polar surface area (TPSA) is 12.0 Å². The first-order chi connectivity index (χ1) is 8.08. The molecule has 5 heteroatoms. The van der Waals surface area contributed by atoms with E-state index in [4.69, 9.17) is 23.2 Å². The van der Waals surface area contributed by atoms with Crippen LogP contribution in [0.5, 0.6) is 0 Å². The largest absolute Gasteiger partial charge is 0.381 e. The molecule has 1 saturated heterocycles. The molecule has 1 heterocycles. The Hall–Kier alpha value is -0.120. The van der Waals surface area contributed by atoms with Crippen molar-refractivity contribution in [1.82, 2.24) is 0 Å². The molecule has 0 amide bonds. The third kappa shape index (κ3) is 3.21. The van der Waals surface area contributed by atoms with Gasteiger partial charge in [-0.1, -0.05) is 30.1 Å². The third-order valence-electron chi connectivity index (χ3n) is 2.94. The second-order valence-electron chi connectivity index (χ2n) is 4.22. The van der Waals surface area contributed by atoms with Crippen molar-refractivity contribution in [2.24, 2.45) is 0 Å². The highest BCUT2D eigenvalue weighted by Crippen LogP contribution is 2.31. The van der Waals surface area contributed by atoms with E-state index >= 15 is 0 Å². The lowest BCUT2D eigenvalue weighted by Crippen LogP contribution is -2.32. The van der Waals surface area contributed by atoms with Crippen molar-refractivity contribution < 1.29 is 4.39 Å². The lowest BCUT2D eigenvalue weighted by Gasteiger charge is -2.30. The maximum atomic E-state index is 13.3. The number of thioether (sulfide) groups is 1. The van der Waals surface area contributed by atoms with Crippen molar-refractivity contribution >= 4 is 40.7 Å². The number of hydrogen-bond donors (Lipinski definition) is 1. The average molecular weight is 294 g/mol. The summed E-state index contributed by atoms with van der Waals surface area (Å²) in [6.45, 7) is 2.20. The molecule has 1 aromatic rings. The molecular formula is C12H14Cl2FNS. The first-order valence-corrected chi connectivity index (χ1v) is 7.41. The van der Waals surface area contributed by atoms with Crippen molar-refractivity contribution in [3.63, 3.8) is 0 Å². The Kier molecular flexibility index (Phi) is 4.45. The van der Waals surface area contributed by atoms with Gasteiger partial charge >= 0.3 is 0 Å². The van der Waals surface area contributed by atoms with Gasteiger partial charge in [0, 0.05) is 17.0 Å². The van der Waals surface area contributed by atoms with E-state index in [1.807, 2.05) is 11.8 Å². The van der Waals surface area contributed by atoms with E-state index in [9.17, 15) is 4.39 Å². The van der Waals surface area contributed by atoms with Crippen LogP contribution in [0.3, 0.4) is 0 Å². The van der Waals surface area contributed by atoms with Crippen LogP contribution in [0.4, 0.5) is 10.1 Å². The van der Waals surface area contributed by atoms with Gasteiger partial charge in [-0.05, 0) is 30.7 Å². The summed E-state index contributed by atoms with van der Waals surface area (Å²) in [4.78, 5) is 0. The molecule has 1 aliphatic rings. The number of halogens is 3. The molecule has 0 spiro atoms. The summed E-state index contributed by atoms with van der Waals surface area (Å²) in [7, 11) is 0. The Bertz CT molecular complexity index is 390. The standard InChI is InChI=1S/C12H14Cl2FNS/c1-7-11(3-2-4-17-7)16-8-5-9(13)12(15)10(14)6-8/h5-7,11,16H,2-4H2,1H3. The number of benzene rings is 1. The number of nitrogens with one attached hydrogen (secondary N) is 1. The van der Waals surface area contributed by atoms with Gasteiger partial charge < -0.3 is 5.32 Å². The zero-order valence-electron chi connectivity index (χ0n) is 9.47. The molecule has 2 unspecified atom stereocenters. The van der Waals surface area contributed by atoms with Gasteiger partial charge in [0.2, 0.25) is 0 Å². The molecule has 0 saturated carbocycles. The first kappa shape index (κ1) is 13.3. The number of hydrogen-bond acceptors (Lipinski definition) is 2. The molecule has 2 atom stereocenters. The smallest absolute Gasteiger partial charge is 0.160 e. The van der Waals surface area contributed by atoms with Crippen LogP contribution < -0.4 is 5.32 Å². The van der Waals surface area contributed by atoms with Gasteiger partial charge in [0.25, 0.3) is 0 Å². The van der Waals surface area contributed by atoms with Crippen molar-refractivity contribution in [1.29, 1.82) is 0 Å². The van der Waals surface area contributed by atoms with E-state index < -0.39 is 5.82 Å². The second kappa shape index (κ2) is 5.68. The normalized spacial score (nSPS) is 24.7. The first-order valence-electron chi connectivity index (χ1n) is 5.60. The summed E-state index contributed by atoms with van der Waals surface area (Å²) >= 11 is 13.5. The Balaban J connectivity index is 2.12. The molecule has 17 heavy (non-hydrogen) atoms. The fraction of sp³-hybridized carbons (Fsp3) is 0.500. The predicted molar refractivity (Wildman–Crippen MR) is 75.0 cm³/mol. The van der Waals surface area contributed by atoms with Crippen LogP contribution >= 0.6 is 35.0 Å². The fourth-order valence-corrected chi connectivity index (χ4v) is 3.59. The molecule has 1 N–H and O–H groups in total. The quantitative estimate of drug-likeness (QED) is 0.784. The Morgan fingerprint density at radius 3 is 2.59 bits per heavy atom. The lowest BCUT2D eigenvalue weighted by atomic mass is 10.1. The Labute approximate surface area is 115 Å². The maximum Gasteiger partial charge on any atom is 0.160 e. The molecule has 0 aliphatic carbocycles. The van der Waals surface area contributed by atoms with Gasteiger partial charge in [0.15, 0.2) is 5.82 Å². The number of anilines is 1. The van der Waals surface area contributed by atoms with Crippen LogP contribution in [-0.2, 0) is 0 Å². The molecule has 1 aromatic carbocycles. The molecule has 1 fully saturated rings. The summed E-state index contributed by atoms with van der Waals surface area (Å²) in [6, 6.07) is 3.58. The molecule has 0 bridgehead atoms. The second-order valence-corrected chi connectivity index (χ2v) is 6.52.